The first kappa shape index (κ1) is 17.4. The summed E-state index contributed by atoms with van der Waals surface area (Å²) in [6.45, 7) is 1.72. The SMILES string of the molecule is CCOC(=O)c1ccc(CNC(=O)Nc2cc(F)c(F)cc2F)o1. The zero-order valence-corrected chi connectivity index (χ0v) is 12.5. The number of hydrogen-bond donors (Lipinski definition) is 2. The number of hydrogen-bond acceptors (Lipinski definition) is 4. The van der Waals surface area contributed by atoms with Crippen LogP contribution in [0.5, 0.6) is 0 Å². The minimum Gasteiger partial charge on any atom is -0.460 e. The monoisotopic (exact) mass is 342 g/mol. The largest absolute Gasteiger partial charge is 0.460 e. The molecule has 2 aromatic rings. The van der Waals surface area contributed by atoms with Gasteiger partial charge in [0, 0.05) is 12.1 Å². The van der Waals surface area contributed by atoms with Crippen LogP contribution in [-0.4, -0.2) is 18.6 Å². The Bertz CT molecular complexity index is 761. The summed E-state index contributed by atoms with van der Waals surface area (Å²) in [5, 5.41) is 4.35. The van der Waals surface area contributed by atoms with E-state index in [1.807, 2.05) is 5.32 Å². The average Bonchev–Trinajstić information content (AvgIpc) is 3.00. The van der Waals surface area contributed by atoms with Crippen molar-refractivity contribution in [2.75, 3.05) is 11.9 Å². The van der Waals surface area contributed by atoms with Crippen molar-refractivity contribution in [3.05, 3.63) is 53.2 Å². The van der Waals surface area contributed by atoms with E-state index in [1.165, 1.54) is 12.1 Å². The van der Waals surface area contributed by atoms with Gasteiger partial charge in [-0.2, -0.15) is 0 Å². The highest BCUT2D eigenvalue weighted by Crippen LogP contribution is 2.18. The molecule has 0 aliphatic heterocycles. The fourth-order valence-electron chi connectivity index (χ4n) is 1.74. The average molecular weight is 342 g/mol. The van der Waals surface area contributed by atoms with Crippen molar-refractivity contribution < 1.29 is 31.9 Å². The Morgan fingerprint density at radius 1 is 1.12 bits per heavy atom. The molecule has 0 spiro atoms. The standard InChI is InChI=1S/C15H13F3N2O4/c1-2-23-14(21)13-4-3-8(24-13)7-19-15(22)20-12-6-10(17)9(16)5-11(12)18/h3-6H,2,7H2,1H3,(H2,19,20,22). The molecule has 2 amide bonds. The lowest BCUT2D eigenvalue weighted by atomic mass is 10.3. The molecule has 9 heteroatoms. The first-order valence-corrected chi connectivity index (χ1v) is 6.86. The molecule has 0 aliphatic rings. The Labute approximate surface area is 134 Å². The van der Waals surface area contributed by atoms with Crippen LogP contribution in [0.2, 0.25) is 0 Å². The summed E-state index contributed by atoms with van der Waals surface area (Å²) in [4.78, 5) is 23.0. The number of furan rings is 1. The summed E-state index contributed by atoms with van der Waals surface area (Å²) in [5.74, 6) is -4.19. The minimum absolute atomic E-state index is 0.0271. The van der Waals surface area contributed by atoms with Gasteiger partial charge in [-0.25, -0.2) is 22.8 Å². The van der Waals surface area contributed by atoms with E-state index in [0.717, 1.165) is 0 Å². The number of ether oxygens (including phenoxy) is 1. The van der Waals surface area contributed by atoms with E-state index in [9.17, 15) is 22.8 Å². The molecule has 128 valence electrons. The van der Waals surface area contributed by atoms with Crippen LogP contribution in [-0.2, 0) is 11.3 Å². The summed E-state index contributed by atoms with van der Waals surface area (Å²) < 4.78 is 49.1. The molecule has 1 heterocycles. The van der Waals surface area contributed by atoms with Crippen molar-refractivity contribution in [3.63, 3.8) is 0 Å². The smallest absolute Gasteiger partial charge is 0.374 e. The van der Waals surface area contributed by atoms with E-state index >= 15 is 0 Å². The van der Waals surface area contributed by atoms with E-state index in [-0.39, 0.29) is 24.7 Å². The molecular weight excluding hydrogens is 329 g/mol. The van der Waals surface area contributed by atoms with E-state index in [0.29, 0.717) is 12.1 Å². The molecule has 1 aromatic carbocycles. The second-order valence-electron chi connectivity index (χ2n) is 4.54. The number of carbonyl (C=O) groups is 2. The number of benzene rings is 1. The van der Waals surface area contributed by atoms with Gasteiger partial charge in [-0.15, -0.1) is 0 Å². The predicted octanol–water partition coefficient (Wildman–Crippen LogP) is 3.20. The predicted molar refractivity (Wildman–Crippen MR) is 76.8 cm³/mol. The number of esters is 1. The molecule has 0 bridgehead atoms. The second kappa shape index (κ2) is 7.53. The van der Waals surface area contributed by atoms with Gasteiger partial charge in [0.1, 0.15) is 11.6 Å². The van der Waals surface area contributed by atoms with Crippen LogP contribution < -0.4 is 10.6 Å². The third kappa shape index (κ3) is 4.28. The van der Waals surface area contributed by atoms with Crippen molar-refractivity contribution >= 4 is 17.7 Å². The number of amides is 2. The van der Waals surface area contributed by atoms with Crippen LogP contribution >= 0.6 is 0 Å². The van der Waals surface area contributed by atoms with E-state index < -0.39 is 35.1 Å². The fourth-order valence-corrected chi connectivity index (χ4v) is 1.74. The van der Waals surface area contributed by atoms with Gasteiger partial charge in [0.25, 0.3) is 0 Å². The molecule has 1 aromatic heterocycles. The second-order valence-corrected chi connectivity index (χ2v) is 4.54. The number of carbonyl (C=O) groups excluding carboxylic acids is 2. The van der Waals surface area contributed by atoms with Crippen molar-refractivity contribution in [2.45, 2.75) is 13.5 Å². The lowest BCUT2D eigenvalue weighted by molar-refractivity contribution is 0.0488. The van der Waals surface area contributed by atoms with Crippen LogP contribution in [0.15, 0.2) is 28.7 Å². The lowest BCUT2D eigenvalue weighted by Gasteiger charge is -2.08. The normalized spacial score (nSPS) is 10.3. The minimum atomic E-state index is -1.36. The molecule has 0 atom stereocenters. The quantitative estimate of drug-likeness (QED) is 0.646. The third-order valence-corrected chi connectivity index (χ3v) is 2.82. The fraction of sp³-hybridized carbons (Fsp3) is 0.200. The lowest BCUT2D eigenvalue weighted by Crippen LogP contribution is -2.28. The first-order chi connectivity index (χ1) is 11.4. The summed E-state index contributed by atoms with van der Waals surface area (Å²) >= 11 is 0. The number of nitrogens with one attached hydrogen (secondary N) is 2. The third-order valence-electron chi connectivity index (χ3n) is 2.82. The van der Waals surface area contributed by atoms with Gasteiger partial charge in [-0.1, -0.05) is 0 Å². The maximum Gasteiger partial charge on any atom is 0.374 e. The molecule has 0 fully saturated rings. The highest BCUT2D eigenvalue weighted by molar-refractivity contribution is 5.89. The Kier molecular flexibility index (Phi) is 5.46. The number of halogens is 3. The van der Waals surface area contributed by atoms with Crippen LogP contribution in [0.1, 0.15) is 23.2 Å². The molecule has 6 nitrogen and oxygen atoms in total. The van der Waals surface area contributed by atoms with Crippen molar-refractivity contribution in [3.8, 4) is 0 Å². The molecular formula is C15H13F3N2O4. The Hall–Kier alpha value is -2.97. The number of anilines is 1. The van der Waals surface area contributed by atoms with Crippen LogP contribution in [0.3, 0.4) is 0 Å². The van der Waals surface area contributed by atoms with Gasteiger partial charge in [0.15, 0.2) is 11.6 Å². The molecule has 24 heavy (non-hydrogen) atoms. The molecule has 0 unspecified atom stereocenters. The summed E-state index contributed by atoms with van der Waals surface area (Å²) in [7, 11) is 0. The molecule has 0 radical (unpaired) electrons. The highest BCUT2D eigenvalue weighted by atomic mass is 19.2. The topological polar surface area (TPSA) is 80.6 Å². The van der Waals surface area contributed by atoms with Crippen LogP contribution in [0.25, 0.3) is 0 Å². The van der Waals surface area contributed by atoms with Crippen molar-refractivity contribution in [1.82, 2.24) is 5.32 Å². The molecule has 2 rings (SSSR count). The van der Waals surface area contributed by atoms with E-state index in [4.69, 9.17) is 9.15 Å². The maximum absolute atomic E-state index is 13.4. The summed E-state index contributed by atoms with van der Waals surface area (Å²) in [6, 6.07) is 2.81. The Balaban J connectivity index is 1.92. The molecule has 0 aliphatic carbocycles. The molecule has 0 saturated carbocycles. The zero-order valence-electron chi connectivity index (χ0n) is 12.5. The molecule has 0 saturated heterocycles. The maximum atomic E-state index is 13.4. The van der Waals surface area contributed by atoms with Gasteiger partial charge in [-0.05, 0) is 19.1 Å². The number of urea groups is 1. The van der Waals surface area contributed by atoms with Crippen LogP contribution in [0, 0.1) is 17.5 Å². The zero-order chi connectivity index (χ0) is 17.7. The first-order valence-electron chi connectivity index (χ1n) is 6.86. The van der Waals surface area contributed by atoms with Gasteiger partial charge in [0.05, 0.1) is 18.8 Å². The Morgan fingerprint density at radius 2 is 1.83 bits per heavy atom. The Morgan fingerprint density at radius 3 is 2.54 bits per heavy atom. The highest BCUT2D eigenvalue weighted by Gasteiger charge is 2.14. The van der Waals surface area contributed by atoms with E-state index in [2.05, 4.69) is 5.32 Å². The van der Waals surface area contributed by atoms with Crippen molar-refractivity contribution in [1.29, 1.82) is 0 Å². The van der Waals surface area contributed by atoms with E-state index in [1.54, 1.807) is 6.92 Å². The van der Waals surface area contributed by atoms with Crippen molar-refractivity contribution in [2.24, 2.45) is 0 Å². The summed E-state index contributed by atoms with van der Waals surface area (Å²) in [5.41, 5.74) is -0.516. The summed E-state index contributed by atoms with van der Waals surface area (Å²) in [6.07, 6.45) is 0. The van der Waals surface area contributed by atoms with Gasteiger partial charge < -0.3 is 19.8 Å². The van der Waals surface area contributed by atoms with Gasteiger partial charge in [0.2, 0.25) is 5.76 Å². The van der Waals surface area contributed by atoms with Gasteiger partial charge in [-0.3, -0.25) is 0 Å². The van der Waals surface area contributed by atoms with Gasteiger partial charge >= 0.3 is 12.0 Å². The number of rotatable bonds is 5. The molecule has 2 N–H and O–H groups in total. The van der Waals surface area contributed by atoms with Crippen LogP contribution in [0.4, 0.5) is 23.7 Å².